The first-order valence-corrected chi connectivity index (χ1v) is 9.72. The van der Waals surface area contributed by atoms with Gasteiger partial charge in [-0.15, -0.1) is 0 Å². The third-order valence-electron chi connectivity index (χ3n) is 3.62. The molecule has 1 aliphatic heterocycles. The van der Waals surface area contributed by atoms with Gasteiger partial charge in [0.2, 0.25) is 6.29 Å². The van der Waals surface area contributed by atoms with E-state index in [1.165, 1.54) is 0 Å². The second-order valence-electron chi connectivity index (χ2n) is 5.50. The summed E-state index contributed by atoms with van der Waals surface area (Å²) in [6.45, 7) is 4.08. The van der Waals surface area contributed by atoms with E-state index in [4.69, 9.17) is 18.9 Å². The van der Waals surface area contributed by atoms with Crippen LogP contribution in [0.25, 0.3) is 6.08 Å². The van der Waals surface area contributed by atoms with Gasteiger partial charge in [-0.3, -0.25) is 4.21 Å². The number of allylic oxidation sites excluding steroid dienone is 1. The number of benzene rings is 1. The molecule has 142 valence electrons. The van der Waals surface area contributed by atoms with Gasteiger partial charge in [-0.25, -0.2) is 4.79 Å². The van der Waals surface area contributed by atoms with Crippen LogP contribution in [0.5, 0.6) is 5.75 Å². The van der Waals surface area contributed by atoms with Crippen LogP contribution in [0.3, 0.4) is 0 Å². The molecule has 2 rings (SSSR count). The summed E-state index contributed by atoms with van der Waals surface area (Å²) in [5, 5.41) is 0. The van der Waals surface area contributed by atoms with Gasteiger partial charge in [-0.2, -0.15) is 0 Å². The Kier molecular flexibility index (Phi) is 7.87. The van der Waals surface area contributed by atoms with Crippen LogP contribution in [0.1, 0.15) is 25.8 Å². The van der Waals surface area contributed by atoms with Crippen LogP contribution >= 0.6 is 0 Å². The lowest BCUT2D eigenvalue weighted by Crippen LogP contribution is -2.32. The fourth-order valence-electron chi connectivity index (χ4n) is 2.38. The maximum Gasteiger partial charge on any atom is 0.350 e. The average Bonchev–Trinajstić information content (AvgIpc) is 2.61. The van der Waals surface area contributed by atoms with E-state index >= 15 is 0 Å². The highest BCUT2D eigenvalue weighted by Crippen LogP contribution is 2.22. The molecule has 1 aromatic carbocycles. The maximum atomic E-state index is 12.2. The molecule has 7 heteroatoms. The fraction of sp³-hybridized carbons (Fsp3) is 0.421. The van der Waals surface area contributed by atoms with Crippen LogP contribution in [0.2, 0.25) is 0 Å². The van der Waals surface area contributed by atoms with Gasteiger partial charge in [0.1, 0.15) is 11.5 Å². The fourth-order valence-corrected chi connectivity index (χ4v) is 3.57. The third-order valence-corrected chi connectivity index (χ3v) is 5.11. The van der Waals surface area contributed by atoms with Gasteiger partial charge in [0.15, 0.2) is 4.91 Å². The number of carbonyl (C=O) groups excluding carboxylic acids is 1. The van der Waals surface area contributed by atoms with Crippen molar-refractivity contribution in [3.05, 3.63) is 46.6 Å². The van der Waals surface area contributed by atoms with Gasteiger partial charge in [-0.1, -0.05) is 24.3 Å². The minimum absolute atomic E-state index is 0.0834. The van der Waals surface area contributed by atoms with Crippen LogP contribution in [0.4, 0.5) is 0 Å². The van der Waals surface area contributed by atoms with Crippen LogP contribution in [0, 0.1) is 0 Å². The molecule has 1 aromatic rings. The van der Waals surface area contributed by atoms with Crippen molar-refractivity contribution in [3.63, 3.8) is 0 Å². The van der Waals surface area contributed by atoms with Crippen molar-refractivity contribution in [1.29, 1.82) is 0 Å². The Hall–Kier alpha value is -2.12. The average molecular weight is 380 g/mol. The molecule has 1 heterocycles. The molecule has 0 radical (unpaired) electrons. The van der Waals surface area contributed by atoms with Crippen LogP contribution in [-0.2, 0) is 29.8 Å². The molecular formula is C19H24O6S. The Morgan fingerprint density at radius 3 is 2.69 bits per heavy atom. The summed E-state index contributed by atoms with van der Waals surface area (Å²) >= 11 is 0. The first-order valence-electron chi connectivity index (χ1n) is 8.40. The highest BCUT2D eigenvalue weighted by Gasteiger charge is 2.31. The molecule has 0 fully saturated rings. The Bertz CT molecular complexity index is 692. The molecule has 0 amide bonds. The summed E-state index contributed by atoms with van der Waals surface area (Å²) in [4.78, 5) is 12.2. The summed E-state index contributed by atoms with van der Waals surface area (Å²) in [6.07, 6.45) is 3.83. The molecular weight excluding hydrogens is 356 g/mol. The van der Waals surface area contributed by atoms with Crippen molar-refractivity contribution in [1.82, 2.24) is 0 Å². The first-order chi connectivity index (χ1) is 12.5. The number of carbonyl (C=O) groups is 1. The van der Waals surface area contributed by atoms with Gasteiger partial charge in [0, 0.05) is 6.61 Å². The molecule has 2 atom stereocenters. The van der Waals surface area contributed by atoms with Crippen molar-refractivity contribution in [2.75, 3.05) is 26.1 Å². The van der Waals surface area contributed by atoms with Gasteiger partial charge < -0.3 is 18.9 Å². The molecule has 0 unspecified atom stereocenters. The van der Waals surface area contributed by atoms with E-state index in [-0.39, 0.29) is 17.3 Å². The predicted octanol–water partition coefficient (Wildman–Crippen LogP) is 3.01. The number of ether oxygens (including phenoxy) is 4. The van der Waals surface area contributed by atoms with E-state index in [1.54, 1.807) is 14.0 Å². The van der Waals surface area contributed by atoms with Crippen molar-refractivity contribution in [2.24, 2.45) is 0 Å². The highest BCUT2D eigenvalue weighted by atomic mass is 32.2. The SMILES string of the molecule is CCO[C@@H]1C[S@@](=O)C(C(=O)OCC/C=C/c2ccc(OC)cc2)=C(C)O1. The Morgan fingerprint density at radius 2 is 2.08 bits per heavy atom. The molecule has 0 N–H and O–H groups in total. The quantitative estimate of drug-likeness (QED) is 0.510. The lowest BCUT2D eigenvalue weighted by atomic mass is 10.2. The topological polar surface area (TPSA) is 71.1 Å². The molecule has 0 bridgehead atoms. The zero-order valence-electron chi connectivity index (χ0n) is 15.2. The van der Waals surface area contributed by atoms with Crippen molar-refractivity contribution >= 4 is 22.8 Å². The van der Waals surface area contributed by atoms with Gasteiger partial charge in [0.25, 0.3) is 0 Å². The molecule has 1 aliphatic rings. The van der Waals surface area contributed by atoms with Crippen molar-refractivity contribution in [2.45, 2.75) is 26.6 Å². The van der Waals surface area contributed by atoms with E-state index in [1.807, 2.05) is 43.3 Å². The molecule has 0 saturated carbocycles. The highest BCUT2D eigenvalue weighted by molar-refractivity contribution is 7.90. The monoisotopic (exact) mass is 380 g/mol. The number of hydrogen-bond acceptors (Lipinski definition) is 6. The Balaban J connectivity index is 1.81. The van der Waals surface area contributed by atoms with Crippen LogP contribution in [-0.4, -0.2) is 42.5 Å². The van der Waals surface area contributed by atoms with Crippen LogP contribution in [0.15, 0.2) is 41.0 Å². The normalized spacial score (nSPS) is 20.1. The zero-order valence-corrected chi connectivity index (χ0v) is 16.0. The molecule has 26 heavy (non-hydrogen) atoms. The molecule has 6 nitrogen and oxygen atoms in total. The summed E-state index contributed by atoms with van der Waals surface area (Å²) in [5.74, 6) is 0.627. The molecule has 0 aromatic heterocycles. The smallest absolute Gasteiger partial charge is 0.350 e. The molecule has 0 saturated heterocycles. The van der Waals surface area contributed by atoms with Gasteiger partial charge in [0.05, 0.1) is 30.3 Å². The van der Waals surface area contributed by atoms with E-state index in [0.29, 0.717) is 18.8 Å². The third kappa shape index (κ3) is 5.71. The maximum absolute atomic E-state index is 12.2. The summed E-state index contributed by atoms with van der Waals surface area (Å²) in [5.41, 5.74) is 1.03. The number of hydrogen-bond donors (Lipinski definition) is 0. The lowest BCUT2D eigenvalue weighted by Gasteiger charge is -2.25. The second kappa shape index (κ2) is 10.1. The predicted molar refractivity (Wildman–Crippen MR) is 99.8 cm³/mol. The van der Waals surface area contributed by atoms with Gasteiger partial charge >= 0.3 is 5.97 Å². The standard InChI is InChI=1S/C19H24O6S/c1-4-23-17-13-26(21)18(14(2)25-17)19(20)24-12-6-5-7-15-8-10-16(22-3)11-9-15/h5,7-11,17H,4,6,12-13H2,1-3H3/b7-5+/t17-,26+/m0/s1. The number of rotatable bonds is 8. The van der Waals surface area contributed by atoms with E-state index in [9.17, 15) is 9.00 Å². The number of esters is 1. The minimum atomic E-state index is -1.48. The van der Waals surface area contributed by atoms with Crippen LogP contribution < -0.4 is 4.74 Å². The van der Waals surface area contributed by atoms with E-state index < -0.39 is 23.1 Å². The van der Waals surface area contributed by atoms with E-state index in [0.717, 1.165) is 11.3 Å². The Morgan fingerprint density at radius 1 is 1.35 bits per heavy atom. The largest absolute Gasteiger partial charge is 0.497 e. The van der Waals surface area contributed by atoms with Gasteiger partial charge in [-0.05, 0) is 38.0 Å². The summed E-state index contributed by atoms with van der Waals surface area (Å²) in [6, 6.07) is 7.63. The van der Waals surface area contributed by atoms with Crippen molar-refractivity contribution in [3.8, 4) is 5.75 Å². The lowest BCUT2D eigenvalue weighted by molar-refractivity contribution is -0.139. The van der Waals surface area contributed by atoms with E-state index in [2.05, 4.69) is 0 Å². The zero-order chi connectivity index (χ0) is 18.9. The first kappa shape index (κ1) is 20.2. The second-order valence-corrected chi connectivity index (χ2v) is 6.93. The molecule has 0 aliphatic carbocycles. The summed E-state index contributed by atoms with van der Waals surface area (Å²) < 4.78 is 33.3. The molecule has 0 spiro atoms. The minimum Gasteiger partial charge on any atom is -0.497 e. The van der Waals surface area contributed by atoms with Crippen molar-refractivity contribution < 1.29 is 28.0 Å². The number of methoxy groups -OCH3 is 1. The Labute approximate surface area is 156 Å². The summed E-state index contributed by atoms with van der Waals surface area (Å²) in [7, 11) is 0.138.